The number of anilines is 2. The molecule has 1 N–H and O–H groups in total. The molecule has 0 unspecified atom stereocenters. The maximum Gasteiger partial charge on any atom is 0.247 e. The van der Waals surface area contributed by atoms with E-state index in [0.29, 0.717) is 12.5 Å². The summed E-state index contributed by atoms with van der Waals surface area (Å²) in [5, 5.41) is 3.18. The van der Waals surface area contributed by atoms with Crippen LogP contribution in [-0.2, 0) is 4.79 Å². The van der Waals surface area contributed by atoms with Crippen molar-refractivity contribution in [3.8, 4) is 0 Å². The largest absolute Gasteiger partial charge is 0.354 e. The summed E-state index contributed by atoms with van der Waals surface area (Å²) in [4.78, 5) is 25.1. The predicted octanol–water partition coefficient (Wildman–Crippen LogP) is 2.12. The van der Waals surface area contributed by atoms with Gasteiger partial charge >= 0.3 is 0 Å². The summed E-state index contributed by atoms with van der Waals surface area (Å²) in [5.74, 6) is 1.45. The number of halogens is 1. The molecule has 0 radical (unpaired) electrons. The smallest absolute Gasteiger partial charge is 0.247 e. The molecule has 1 aliphatic rings. The first-order valence-electron chi connectivity index (χ1n) is 7.17. The highest BCUT2D eigenvalue weighted by molar-refractivity contribution is 9.10. The molecule has 2 heterocycles. The van der Waals surface area contributed by atoms with Crippen molar-refractivity contribution in [1.82, 2.24) is 14.9 Å². The standard InChI is InChI=1S/C14H22BrN5O/c1-5-6-16-13-17-9-10(15)11(18-13)20-8-7-19(4)12(21)14(20,2)3/h9H,5-8H2,1-4H3,(H,16,17,18). The van der Waals surface area contributed by atoms with Gasteiger partial charge in [0.1, 0.15) is 11.4 Å². The summed E-state index contributed by atoms with van der Waals surface area (Å²) in [6, 6.07) is 0. The molecule has 0 spiro atoms. The van der Waals surface area contributed by atoms with Gasteiger partial charge in [0, 0.05) is 32.9 Å². The van der Waals surface area contributed by atoms with E-state index in [-0.39, 0.29) is 5.91 Å². The Morgan fingerprint density at radius 1 is 1.43 bits per heavy atom. The lowest BCUT2D eigenvalue weighted by molar-refractivity contribution is -0.136. The van der Waals surface area contributed by atoms with Crippen molar-refractivity contribution in [2.24, 2.45) is 0 Å². The molecular formula is C14H22BrN5O. The lowest BCUT2D eigenvalue weighted by atomic mass is 9.98. The molecular weight excluding hydrogens is 334 g/mol. The van der Waals surface area contributed by atoms with Crippen LogP contribution in [0.15, 0.2) is 10.7 Å². The van der Waals surface area contributed by atoms with Crippen molar-refractivity contribution >= 4 is 33.6 Å². The summed E-state index contributed by atoms with van der Waals surface area (Å²) >= 11 is 3.50. The van der Waals surface area contributed by atoms with Crippen molar-refractivity contribution in [1.29, 1.82) is 0 Å². The van der Waals surface area contributed by atoms with Gasteiger partial charge in [0.2, 0.25) is 11.9 Å². The van der Waals surface area contributed by atoms with E-state index in [9.17, 15) is 4.79 Å². The second-order valence-corrected chi connectivity index (χ2v) is 6.58. The normalized spacial score (nSPS) is 18.0. The number of nitrogens with zero attached hydrogens (tertiary/aromatic N) is 4. The first-order chi connectivity index (χ1) is 9.87. The molecule has 1 aliphatic heterocycles. The van der Waals surface area contributed by atoms with Crippen LogP contribution in [0.3, 0.4) is 0 Å². The summed E-state index contributed by atoms with van der Waals surface area (Å²) in [6.07, 6.45) is 2.74. The Labute approximate surface area is 134 Å². The first kappa shape index (κ1) is 16.0. The van der Waals surface area contributed by atoms with Gasteiger partial charge in [-0.3, -0.25) is 4.79 Å². The summed E-state index contributed by atoms with van der Waals surface area (Å²) < 4.78 is 0.801. The van der Waals surface area contributed by atoms with Crippen LogP contribution in [0.4, 0.5) is 11.8 Å². The Hall–Kier alpha value is -1.37. The van der Waals surface area contributed by atoms with Crippen molar-refractivity contribution in [2.75, 3.05) is 36.9 Å². The molecule has 1 aromatic heterocycles. The number of likely N-dealkylation sites (N-methyl/N-ethyl adjacent to an activating group) is 1. The van der Waals surface area contributed by atoms with Gasteiger partial charge in [-0.25, -0.2) is 4.98 Å². The molecule has 6 nitrogen and oxygen atoms in total. The summed E-state index contributed by atoms with van der Waals surface area (Å²) in [7, 11) is 1.84. The van der Waals surface area contributed by atoms with E-state index in [2.05, 4.69) is 38.1 Å². The third-order valence-corrected chi connectivity index (χ3v) is 4.28. The fraction of sp³-hybridized carbons (Fsp3) is 0.643. The van der Waals surface area contributed by atoms with Crippen LogP contribution in [0.1, 0.15) is 27.2 Å². The van der Waals surface area contributed by atoms with Crippen molar-refractivity contribution in [3.05, 3.63) is 10.7 Å². The quantitative estimate of drug-likeness (QED) is 0.896. The fourth-order valence-electron chi connectivity index (χ4n) is 2.45. The van der Waals surface area contributed by atoms with E-state index in [4.69, 9.17) is 0 Å². The second kappa shape index (κ2) is 6.17. The zero-order valence-electron chi connectivity index (χ0n) is 13.0. The molecule has 1 saturated heterocycles. The van der Waals surface area contributed by atoms with Gasteiger partial charge in [-0.1, -0.05) is 6.92 Å². The minimum atomic E-state index is -0.619. The van der Waals surface area contributed by atoms with E-state index in [1.807, 2.05) is 25.8 Å². The molecule has 1 aromatic rings. The maximum atomic E-state index is 12.4. The van der Waals surface area contributed by atoms with Gasteiger partial charge in [0.15, 0.2) is 0 Å². The second-order valence-electron chi connectivity index (χ2n) is 5.73. The van der Waals surface area contributed by atoms with Crippen LogP contribution >= 0.6 is 15.9 Å². The molecule has 0 atom stereocenters. The molecule has 0 aromatic carbocycles. The van der Waals surface area contributed by atoms with Crippen molar-refractivity contribution < 1.29 is 4.79 Å². The number of aromatic nitrogens is 2. The molecule has 116 valence electrons. The Kier molecular flexibility index (Phi) is 4.70. The zero-order valence-corrected chi connectivity index (χ0v) is 14.6. The summed E-state index contributed by atoms with van der Waals surface area (Å²) in [6.45, 7) is 8.22. The average molecular weight is 356 g/mol. The number of amides is 1. The van der Waals surface area contributed by atoms with E-state index in [0.717, 1.165) is 29.8 Å². The van der Waals surface area contributed by atoms with Gasteiger partial charge in [-0.05, 0) is 36.2 Å². The zero-order chi connectivity index (χ0) is 15.6. The number of carbonyl (C=O) groups is 1. The van der Waals surface area contributed by atoms with E-state index < -0.39 is 5.54 Å². The number of hydrogen-bond donors (Lipinski definition) is 1. The van der Waals surface area contributed by atoms with Gasteiger partial charge in [0.25, 0.3) is 0 Å². The highest BCUT2D eigenvalue weighted by atomic mass is 79.9. The van der Waals surface area contributed by atoms with Gasteiger partial charge < -0.3 is 15.1 Å². The van der Waals surface area contributed by atoms with Crippen LogP contribution in [0.2, 0.25) is 0 Å². The Balaban J connectivity index is 2.34. The monoisotopic (exact) mass is 355 g/mol. The topological polar surface area (TPSA) is 61.4 Å². The van der Waals surface area contributed by atoms with Gasteiger partial charge in [-0.2, -0.15) is 4.98 Å². The van der Waals surface area contributed by atoms with Crippen LogP contribution in [-0.4, -0.2) is 53.0 Å². The lowest BCUT2D eigenvalue weighted by Crippen LogP contribution is -2.62. The predicted molar refractivity (Wildman–Crippen MR) is 87.6 cm³/mol. The number of hydrogen-bond acceptors (Lipinski definition) is 5. The molecule has 7 heteroatoms. The third-order valence-electron chi connectivity index (χ3n) is 3.72. The van der Waals surface area contributed by atoms with Crippen LogP contribution in [0.5, 0.6) is 0 Å². The van der Waals surface area contributed by atoms with Crippen LogP contribution < -0.4 is 10.2 Å². The first-order valence-corrected chi connectivity index (χ1v) is 7.96. The number of rotatable bonds is 4. The molecule has 1 amide bonds. The Morgan fingerprint density at radius 3 is 2.81 bits per heavy atom. The SMILES string of the molecule is CCCNc1ncc(Br)c(N2CCN(C)C(=O)C2(C)C)n1. The highest BCUT2D eigenvalue weighted by Crippen LogP contribution is 2.32. The number of nitrogens with one attached hydrogen (secondary N) is 1. The average Bonchev–Trinajstić information content (AvgIpc) is 2.45. The van der Waals surface area contributed by atoms with Crippen LogP contribution in [0.25, 0.3) is 0 Å². The summed E-state index contributed by atoms with van der Waals surface area (Å²) in [5.41, 5.74) is -0.619. The fourth-order valence-corrected chi connectivity index (χ4v) is 2.86. The van der Waals surface area contributed by atoms with Crippen molar-refractivity contribution in [2.45, 2.75) is 32.7 Å². The van der Waals surface area contributed by atoms with E-state index >= 15 is 0 Å². The van der Waals surface area contributed by atoms with E-state index in [1.165, 1.54) is 0 Å². The highest BCUT2D eigenvalue weighted by Gasteiger charge is 2.41. The Morgan fingerprint density at radius 2 is 2.14 bits per heavy atom. The molecule has 21 heavy (non-hydrogen) atoms. The number of piperazine rings is 1. The maximum absolute atomic E-state index is 12.4. The minimum Gasteiger partial charge on any atom is -0.354 e. The molecule has 1 fully saturated rings. The molecule has 0 bridgehead atoms. The molecule has 0 saturated carbocycles. The lowest BCUT2D eigenvalue weighted by Gasteiger charge is -2.45. The van der Waals surface area contributed by atoms with Gasteiger partial charge in [0.05, 0.1) is 4.47 Å². The third kappa shape index (κ3) is 3.12. The Bertz CT molecular complexity index is 534. The van der Waals surface area contributed by atoms with Gasteiger partial charge in [-0.15, -0.1) is 0 Å². The van der Waals surface area contributed by atoms with Crippen molar-refractivity contribution in [3.63, 3.8) is 0 Å². The minimum absolute atomic E-state index is 0.0994. The van der Waals surface area contributed by atoms with Crippen LogP contribution in [0, 0.1) is 0 Å². The molecule has 2 rings (SSSR count). The number of carbonyl (C=O) groups excluding carboxylic acids is 1. The molecule has 0 aliphatic carbocycles. The van der Waals surface area contributed by atoms with E-state index in [1.54, 1.807) is 11.1 Å².